The number of rotatable bonds is 5. The standard InChI is InChI=1S/C19H21ClN2O3S/c20-17-6-4-5-15(13-17)14-21-19(23)16-7-9-18(10-8-16)26(24,25)22-11-2-1-3-12-22/h4-10,13H,1-3,11-12,14H2,(H,21,23). The predicted molar refractivity (Wildman–Crippen MR) is 102 cm³/mol. The quantitative estimate of drug-likeness (QED) is 0.847. The van der Waals surface area contributed by atoms with Crippen LogP contribution in [0.2, 0.25) is 5.02 Å². The summed E-state index contributed by atoms with van der Waals surface area (Å²) in [7, 11) is -3.48. The molecule has 1 saturated heterocycles. The van der Waals surface area contributed by atoms with Gasteiger partial charge in [-0.3, -0.25) is 4.79 Å². The molecule has 0 aromatic heterocycles. The van der Waals surface area contributed by atoms with E-state index in [2.05, 4.69) is 5.32 Å². The number of benzene rings is 2. The monoisotopic (exact) mass is 392 g/mol. The first kappa shape index (κ1) is 18.9. The van der Waals surface area contributed by atoms with Gasteiger partial charge in [-0.2, -0.15) is 4.31 Å². The molecule has 0 spiro atoms. The third-order valence-electron chi connectivity index (χ3n) is 4.41. The van der Waals surface area contributed by atoms with E-state index in [1.807, 2.05) is 12.1 Å². The summed E-state index contributed by atoms with van der Waals surface area (Å²) < 4.78 is 26.8. The molecule has 1 N–H and O–H groups in total. The molecule has 1 fully saturated rings. The van der Waals surface area contributed by atoms with Gasteiger partial charge in [-0.15, -0.1) is 0 Å². The van der Waals surface area contributed by atoms with E-state index in [1.165, 1.54) is 16.4 Å². The zero-order valence-corrected chi connectivity index (χ0v) is 15.9. The molecule has 0 radical (unpaired) electrons. The molecule has 1 amide bonds. The van der Waals surface area contributed by atoms with Crippen molar-refractivity contribution in [1.82, 2.24) is 9.62 Å². The second kappa shape index (κ2) is 8.20. The van der Waals surface area contributed by atoms with Crippen LogP contribution in [0.25, 0.3) is 0 Å². The fourth-order valence-corrected chi connectivity index (χ4v) is 4.69. The molecule has 138 valence electrons. The topological polar surface area (TPSA) is 66.5 Å². The van der Waals surface area contributed by atoms with Crippen molar-refractivity contribution < 1.29 is 13.2 Å². The van der Waals surface area contributed by atoms with Crippen molar-refractivity contribution >= 4 is 27.5 Å². The predicted octanol–water partition coefficient (Wildman–Crippen LogP) is 3.44. The minimum absolute atomic E-state index is 0.228. The van der Waals surface area contributed by atoms with E-state index in [0.717, 1.165) is 24.8 Å². The molecule has 1 heterocycles. The average Bonchev–Trinajstić information content (AvgIpc) is 2.67. The number of carbonyl (C=O) groups is 1. The summed E-state index contributed by atoms with van der Waals surface area (Å²) in [5, 5.41) is 3.42. The molecule has 2 aromatic carbocycles. The van der Waals surface area contributed by atoms with Crippen LogP contribution in [0, 0.1) is 0 Å². The lowest BCUT2D eigenvalue weighted by atomic mass is 10.2. The van der Waals surface area contributed by atoms with Gasteiger partial charge >= 0.3 is 0 Å². The number of sulfonamides is 1. The Bertz CT molecular complexity index is 876. The molecular weight excluding hydrogens is 372 g/mol. The van der Waals surface area contributed by atoms with Crippen LogP contribution in [-0.4, -0.2) is 31.7 Å². The summed E-state index contributed by atoms with van der Waals surface area (Å²) in [6, 6.07) is 13.3. The second-order valence-electron chi connectivity index (χ2n) is 6.30. The van der Waals surface area contributed by atoms with Crippen LogP contribution in [0.5, 0.6) is 0 Å². The number of carbonyl (C=O) groups excluding carboxylic acids is 1. The molecule has 0 unspecified atom stereocenters. The van der Waals surface area contributed by atoms with E-state index < -0.39 is 10.0 Å². The molecule has 0 atom stereocenters. The van der Waals surface area contributed by atoms with Gasteiger partial charge in [0.05, 0.1) is 4.90 Å². The normalized spacial score (nSPS) is 15.6. The Morgan fingerprint density at radius 2 is 1.73 bits per heavy atom. The van der Waals surface area contributed by atoms with Gasteiger partial charge in [0.25, 0.3) is 5.91 Å². The van der Waals surface area contributed by atoms with Crippen molar-refractivity contribution in [1.29, 1.82) is 0 Å². The number of hydrogen-bond acceptors (Lipinski definition) is 3. The fraction of sp³-hybridized carbons (Fsp3) is 0.316. The van der Waals surface area contributed by atoms with Crippen LogP contribution >= 0.6 is 11.6 Å². The molecule has 0 saturated carbocycles. The van der Waals surface area contributed by atoms with Crippen LogP contribution in [0.3, 0.4) is 0 Å². The van der Waals surface area contributed by atoms with E-state index >= 15 is 0 Å². The molecule has 3 rings (SSSR count). The SMILES string of the molecule is O=C(NCc1cccc(Cl)c1)c1ccc(S(=O)(=O)N2CCCCC2)cc1. The Balaban J connectivity index is 1.65. The van der Waals surface area contributed by atoms with Crippen molar-refractivity contribution in [2.45, 2.75) is 30.7 Å². The first-order valence-corrected chi connectivity index (χ1v) is 10.4. The highest BCUT2D eigenvalue weighted by molar-refractivity contribution is 7.89. The maximum atomic E-state index is 12.6. The van der Waals surface area contributed by atoms with Crippen LogP contribution < -0.4 is 5.32 Å². The van der Waals surface area contributed by atoms with Crippen LogP contribution in [0.4, 0.5) is 0 Å². The lowest BCUT2D eigenvalue weighted by Gasteiger charge is -2.25. The third kappa shape index (κ3) is 4.44. The van der Waals surface area contributed by atoms with Gasteiger partial charge in [-0.1, -0.05) is 30.2 Å². The lowest BCUT2D eigenvalue weighted by Crippen LogP contribution is -2.35. The van der Waals surface area contributed by atoms with E-state index in [4.69, 9.17) is 11.6 Å². The highest BCUT2D eigenvalue weighted by Gasteiger charge is 2.25. The fourth-order valence-electron chi connectivity index (χ4n) is 2.96. The molecule has 2 aromatic rings. The summed E-state index contributed by atoms with van der Waals surface area (Å²) in [4.78, 5) is 12.5. The Labute approximate surface area is 159 Å². The second-order valence-corrected chi connectivity index (χ2v) is 8.68. The van der Waals surface area contributed by atoms with Gasteiger partial charge in [0.15, 0.2) is 0 Å². The molecule has 0 aliphatic carbocycles. The number of piperidine rings is 1. The minimum atomic E-state index is -3.48. The van der Waals surface area contributed by atoms with Gasteiger partial charge < -0.3 is 5.32 Å². The summed E-state index contributed by atoms with van der Waals surface area (Å²) in [5.74, 6) is -0.258. The maximum absolute atomic E-state index is 12.6. The first-order chi connectivity index (χ1) is 12.5. The summed E-state index contributed by atoms with van der Waals surface area (Å²) in [6.07, 6.45) is 2.85. The van der Waals surface area contributed by atoms with Crippen molar-refractivity contribution in [3.05, 3.63) is 64.7 Å². The maximum Gasteiger partial charge on any atom is 0.251 e. The number of amides is 1. The minimum Gasteiger partial charge on any atom is -0.348 e. The van der Waals surface area contributed by atoms with Crippen LogP contribution in [0.15, 0.2) is 53.4 Å². The molecule has 1 aliphatic rings. The summed E-state index contributed by atoms with van der Waals surface area (Å²) >= 11 is 5.93. The highest BCUT2D eigenvalue weighted by atomic mass is 35.5. The van der Waals surface area contributed by atoms with Gasteiger partial charge in [-0.05, 0) is 54.8 Å². The molecule has 0 bridgehead atoms. The van der Waals surface area contributed by atoms with Gasteiger partial charge in [0.1, 0.15) is 0 Å². The van der Waals surface area contributed by atoms with E-state index in [0.29, 0.717) is 30.2 Å². The highest BCUT2D eigenvalue weighted by Crippen LogP contribution is 2.21. The van der Waals surface area contributed by atoms with Crippen molar-refractivity contribution in [2.75, 3.05) is 13.1 Å². The molecule has 1 aliphatic heterocycles. The Hall–Kier alpha value is -1.89. The molecular formula is C19H21ClN2O3S. The van der Waals surface area contributed by atoms with Gasteiger partial charge in [-0.25, -0.2) is 8.42 Å². The van der Waals surface area contributed by atoms with Crippen molar-refractivity contribution in [3.63, 3.8) is 0 Å². The molecule has 26 heavy (non-hydrogen) atoms. The van der Waals surface area contributed by atoms with Gasteiger partial charge in [0.2, 0.25) is 10.0 Å². The number of nitrogens with zero attached hydrogens (tertiary/aromatic N) is 1. The molecule has 5 nitrogen and oxygen atoms in total. The number of nitrogens with one attached hydrogen (secondary N) is 1. The summed E-state index contributed by atoms with van der Waals surface area (Å²) in [6.45, 7) is 1.47. The number of hydrogen-bond donors (Lipinski definition) is 1. The molecule has 7 heteroatoms. The number of halogens is 1. The zero-order valence-electron chi connectivity index (χ0n) is 14.3. The van der Waals surface area contributed by atoms with Gasteiger partial charge in [0, 0.05) is 30.2 Å². The average molecular weight is 393 g/mol. The third-order valence-corrected chi connectivity index (χ3v) is 6.56. The van der Waals surface area contributed by atoms with E-state index in [9.17, 15) is 13.2 Å². The Morgan fingerprint density at radius 3 is 2.38 bits per heavy atom. The van der Waals surface area contributed by atoms with E-state index in [-0.39, 0.29) is 10.8 Å². The van der Waals surface area contributed by atoms with Crippen LogP contribution in [0.1, 0.15) is 35.2 Å². The Kier molecular flexibility index (Phi) is 5.96. The smallest absolute Gasteiger partial charge is 0.251 e. The Morgan fingerprint density at radius 1 is 1.04 bits per heavy atom. The largest absolute Gasteiger partial charge is 0.348 e. The zero-order chi connectivity index (χ0) is 18.6. The lowest BCUT2D eigenvalue weighted by molar-refractivity contribution is 0.0951. The van der Waals surface area contributed by atoms with Crippen LogP contribution in [-0.2, 0) is 16.6 Å². The van der Waals surface area contributed by atoms with E-state index in [1.54, 1.807) is 24.3 Å². The summed E-state index contributed by atoms with van der Waals surface area (Å²) in [5.41, 5.74) is 1.32. The van der Waals surface area contributed by atoms with Crippen molar-refractivity contribution in [3.8, 4) is 0 Å². The van der Waals surface area contributed by atoms with Crippen molar-refractivity contribution in [2.24, 2.45) is 0 Å². The first-order valence-electron chi connectivity index (χ1n) is 8.60.